The number of carbonyl (C=O) groups is 3. The lowest BCUT2D eigenvalue weighted by Gasteiger charge is -2.38. The molecule has 0 bridgehead atoms. The second-order valence-electron chi connectivity index (χ2n) is 16.7. The van der Waals surface area contributed by atoms with E-state index in [1.807, 2.05) is 156 Å². The second-order valence-corrected chi connectivity index (χ2v) is 16.7. The maximum Gasteiger partial charge on any atom is 0.407 e. The third kappa shape index (κ3) is 11.3. The highest BCUT2D eigenvalue weighted by molar-refractivity contribution is 5.89. The molecule has 0 saturated carbocycles. The number of aliphatic hydroxyl groups is 1. The number of aryl methyl sites for hydroxylation is 2. The van der Waals surface area contributed by atoms with Gasteiger partial charge in [0.1, 0.15) is 6.04 Å². The quantitative estimate of drug-likeness (QED) is 0.0931. The highest BCUT2D eigenvalue weighted by Crippen LogP contribution is 2.30. The van der Waals surface area contributed by atoms with Crippen molar-refractivity contribution in [2.24, 2.45) is 5.41 Å². The zero-order valence-electron chi connectivity index (χ0n) is 34.7. The Bertz CT molecular complexity index is 2160. The van der Waals surface area contributed by atoms with Crippen LogP contribution in [0.1, 0.15) is 60.8 Å². The molecule has 0 spiro atoms. The first-order valence-electron chi connectivity index (χ1n) is 20.3. The Balaban J connectivity index is 1.27. The van der Waals surface area contributed by atoms with Crippen LogP contribution in [0.25, 0.3) is 11.3 Å². The molecule has 1 unspecified atom stereocenters. The molecule has 3 heterocycles. The number of carboxylic acid groups (broad SMARTS) is 1. The van der Waals surface area contributed by atoms with E-state index in [-0.39, 0.29) is 24.9 Å². The normalized spacial score (nSPS) is 15.1. The van der Waals surface area contributed by atoms with Crippen molar-refractivity contribution in [2.45, 2.75) is 91.2 Å². The van der Waals surface area contributed by atoms with Crippen molar-refractivity contribution in [2.75, 3.05) is 13.1 Å². The van der Waals surface area contributed by atoms with E-state index in [0.29, 0.717) is 32.5 Å². The lowest BCUT2D eigenvalue weighted by Crippen LogP contribution is -2.58. The maximum absolute atomic E-state index is 14.6. The summed E-state index contributed by atoms with van der Waals surface area (Å²) in [7, 11) is 0. The van der Waals surface area contributed by atoms with E-state index in [1.165, 1.54) is 4.90 Å². The molecule has 1 saturated heterocycles. The van der Waals surface area contributed by atoms with Crippen LogP contribution in [0.4, 0.5) is 9.59 Å². The standard InChI is InChI=1S/C48H56N6O5/c1-33-19-24-41(49-30-33)38-22-20-36(21-23-38)27-40(54(47(58)59)31-37-16-10-7-11-17-37)29-43(55)42(28-35-14-8-6-9-15-35)51-45(56)44(48(3,4)5)53-26-25-52(46(53)57)32-39-18-12-13-34(2)50-39/h6-24,30,40,42-44,55H,25-29,31-32H2,1-5H3,(H,51,56)(H,58,59)/t40?,42-,43-,44+/m0/s1. The Hall–Kier alpha value is -6.07. The first kappa shape index (κ1) is 42.5. The molecule has 11 nitrogen and oxygen atoms in total. The van der Waals surface area contributed by atoms with Gasteiger partial charge in [-0.15, -0.1) is 0 Å². The molecule has 59 heavy (non-hydrogen) atoms. The van der Waals surface area contributed by atoms with Crippen molar-refractivity contribution in [3.63, 3.8) is 0 Å². The number of hydrogen-bond acceptors (Lipinski definition) is 6. The SMILES string of the molecule is Cc1ccc(-c2ccc(CC(C[C@H](O)[C@H](Cc3ccccc3)NC(=O)[C@@H](N3CCN(Cc4cccc(C)n4)C3=O)C(C)(C)C)N(Cc3ccccc3)C(=O)O)cc2)nc1. The number of nitrogens with one attached hydrogen (secondary N) is 1. The molecule has 2 aromatic heterocycles. The number of hydrogen-bond donors (Lipinski definition) is 3. The van der Waals surface area contributed by atoms with Crippen molar-refractivity contribution in [3.8, 4) is 11.3 Å². The van der Waals surface area contributed by atoms with Gasteiger partial charge in [0.05, 0.1) is 30.1 Å². The van der Waals surface area contributed by atoms with Crippen LogP contribution in [0.2, 0.25) is 0 Å². The van der Waals surface area contributed by atoms with Gasteiger partial charge >= 0.3 is 12.1 Å². The minimum Gasteiger partial charge on any atom is -0.465 e. The van der Waals surface area contributed by atoms with Crippen LogP contribution in [0, 0.1) is 19.3 Å². The summed E-state index contributed by atoms with van der Waals surface area (Å²) < 4.78 is 0. The van der Waals surface area contributed by atoms with Gasteiger partial charge in [-0.1, -0.05) is 118 Å². The van der Waals surface area contributed by atoms with Gasteiger partial charge in [-0.2, -0.15) is 0 Å². The zero-order chi connectivity index (χ0) is 42.1. The molecule has 5 aromatic rings. The van der Waals surface area contributed by atoms with Crippen LogP contribution >= 0.6 is 0 Å². The number of benzene rings is 3. The van der Waals surface area contributed by atoms with Crippen LogP contribution in [0.5, 0.6) is 0 Å². The second kappa shape index (κ2) is 19.1. The first-order valence-corrected chi connectivity index (χ1v) is 20.3. The molecule has 1 aliphatic heterocycles. The van der Waals surface area contributed by atoms with Gasteiger partial charge in [-0.05, 0) is 79.0 Å². The fourth-order valence-electron chi connectivity index (χ4n) is 7.91. The van der Waals surface area contributed by atoms with Gasteiger partial charge in [0.25, 0.3) is 0 Å². The topological polar surface area (TPSA) is 139 Å². The summed E-state index contributed by atoms with van der Waals surface area (Å²) in [5.74, 6) is -0.377. The van der Waals surface area contributed by atoms with E-state index < -0.39 is 35.7 Å². The van der Waals surface area contributed by atoms with Crippen molar-refractivity contribution in [1.82, 2.24) is 30.0 Å². The van der Waals surface area contributed by atoms with E-state index >= 15 is 0 Å². The number of aliphatic hydroxyl groups excluding tert-OH is 1. The Morgan fingerprint density at radius 1 is 0.814 bits per heavy atom. The average Bonchev–Trinajstić information content (AvgIpc) is 3.55. The highest BCUT2D eigenvalue weighted by atomic mass is 16.4. The number of carbonyl (C=O) groups excluding carboxylic acids is 2. The maximum atomic E-state index is 14.6. The molecular weight excluding hydrogens is 741 g/mol. The summed E-state index contributed by atoms with van der Waals surface area (Å²) in [6, 6.07) is 34.1. The largest absolute Gasteiger partial charge is 0.465 e. The van der Waals surface area contributed by atoms with Gasteiger partial charge < -0.3 is 30.2 Å². The lowest BCUT2D eigenvalue weighted by atomic mass is 9.84. The number of amides is 4. The van der Waals surface area contributed by atoms with Gasteiger partial charge in [-0.25, -0.2) is 9.59 Å². The Morgan fingerprint density at radius 2 is 1.47 bits per heavy atom. The molecule has 0 radical (unpaired) electrons. The Morgan fingerprint density at radius 3 is 2.08 bits per heavy atom. The van der Waals surface area contributed by atoms with Crippen LogP contribution < -0.4 is 5.32 Å². The Labute approximate surface area is 347 Å². The number of pyridine rings is 2. The molecule has 3 N–H and O–H groups in total. The van der Waals surface area contributed by atoms with Crippen molar-refractivity contribution >= 4 is 18.0 Å². The van der Waals surface area contributed by atoms with Crippen LogP contribution in [-0.2, 0) is 30.7 Å². The predicted molar refractivity (Wildman–Crippen MR) is 229 cm³/mol. The summed E-state index contributed by atoms with van der Waals surface area (Å²) in [5.41, 5.74) is 6.44. The minimum absolute atomic E-state index is 0.0400. The highest BCUT2D eigenvalue weighted by Gasteiger charge is 2.44. The fourth-order valence-corrected chi connectivity index (χ4v) is 7.91. The average molecular weight is 797 g/mol. The molecule has 1 fully saturated rings. The summed E-state index contributed by atoms with van der Waals surface area (Å²) in [5, 5.41) is 26.1. The van der Waals surface area contributed by atoms with Gasteiger partial charge in [0.15, 0.2) is 0 Å². The predicted octanol–water partition coefficient (Wildman–Crippen LogP) is 7.68. The van der Waals surface area contributed by atoms with Gasteiger partial charge in [0, 0.05) is 43.1 Å². The number of rotatable bonds is 16. The fraction of sp³-hybridized carbons (Fsp3) is 0.354. The number of nitrogens with zero attached hydrogens (tertiary/aromatic N) is 5. The van der Waals surface area contributed by atoms with E-state index in [1.54, 1.807) is 9.80 Å². The smallest absolute Gasteiger partial charge is 0.407 e. The number of aromatic nitrogens is 2. The third-order valence-electron chi connectivity index (χ3n) is 10.9. The van der Waals surface area contributed by atoms with Crippen molar-refractivity contribution in [3.05, 3.63) is 155 Å². The zero-order valence-corrected chi connectivity index (χ0v) is 34.7. The molecule has 6 rings (SSSR count). The summed E-state index contributed by atoms with van der Waals surface area (Å²) in [6.07, 6.45) is 0.212. The summed E-state index contributed by atoms with van der Waals surface area (Å²) in [4.78, 5) is 55.5. The molecule has 308 valence electrons. The molecular formula is C48H56N6O5. The summed E-state index contributed by atoms with van der Waals surface area (Å²) >= 11 is 0. The molecule has 3 aromatic carbocycles. The lowest BCUT2D eigenvalue weighted by molar-refractivity contribution is -0.130. The molecule has 11 heteroatoms. The first-order chi connectivity index (χ1) is 28.2. The van der Waals surface area contributed by atoms with E-state index in [4.69, 9.17) is 0 Å². The molecule has 4 atom stereocenters. The van der Waals surface area contributed by atoms with Crippen LogP contribution in [0.3, 0.4) is 0 Å². The molecule has 4 amide bonds. The Kier molecular flexibility index (Phi) is 13.8. The van der Waals surface area contributed by atoms with Crippen LogP contribution in [0.15, 0.2) is 121 Å². The van der Waals surface area contributed by atoms with E-state index in [9.17, 15) is 24.6 Å². The molecule has 0 aliphatic carbocycles. The molecule has 1 aliphatic rings. The van der Waals surface area contributed by atoms with Crippen molar-refractivity contribution in [1.29, 1.82) is 0 Å². The van der Waals surface area contributed by atoms with Crippen molar-refractivity contribution < 1.29 is 24.6 Å². The summed E-state index contributed by atoms with van der Waals surface area (Å²) in [6.45, 7) is 11.0. The van der Waals surface area contributed by atoms with E-state index in [0.717, 1.165) is 44.9 Å². The minimum atomic E-state index is -1.16. The van der Waals surface area contributed by atoms with Gasteiger partial charge in [0.2, 0.25) is 5.91 Å². The van der Waals surface area contributed by atoms with E-state index in [2.05, 4.69) is 15.3 Å². The van der Waals surface area contributed by atoms with Crippen LogP contribution in [-0.4, -0.2) is 90.2 Å². The monoisotopic (exact) mass is 796 g/mol. The number of urea groups is 1. The third-order valence-corrected chi connectivity index (χ3v) is 10.9. The van der Waals surface area contributed by atoms with Gasteiger partial charge in [-0.3, -0.25) is 14.8 Å².